The first kappa shape index (κ1) is 23.4. The van der Waals surface area contributed by atoms with E-state index in [2.05, 4.69) is 31.4 Å². The zero-order valence-electron chi connectivity index (χ0n) is 17.4. The van der Waals surface area contributed by atoms with Crippen molar-refractivity contribution in [3.8, 4) is 11.4 Å². The number of thioether (sulfide) groups is 1. The second-order valence-electron chi connectivity index (χ2n) is 6.94. The van der Waals surface area contributed by atoms with Crippen LogP contribution in [0.25, 0.3) is 5.69 Å². The summed E-state index contributed by atoms with van der Waals surface area (Å²) < 4.78 is 8.68. The van der Waals surface area contributed by atoms with Gasteiger partial charge in [-0.3, -0.25) is 9.36 Å². The van der Waals surface area contributed by atoms with Crippen molar-refractivity contribution in [3.05, 3.63) is 94.2 Å². The quantitative estimate of drug-likeness (QED) is 0.248. The fourth-order valence-electron chi connectivity index (χ4n) is 3.01. The maximum absolute atomic E-state index is 12.4. The van der Waals surface area contributed by atoms with Gasteiger partial charge in [-0.2, -0.15) is 0 Å². The summed E-state index contributed by atoms with van der Waals surface area (Å²) in [5.41, 5.74) is 1.68. The highest BCUT2D eigenvalue weighted by Crippen LogP contribution is 2.25. The topological polar surface area (TPSA) is 69.0 Å². The molecule has 0 spiro atoms. The van der Waals surface area contributed by atoms with Crippen LogP contribution in [0.3, 0.4) is 0 Å². The lowest BCUT2D eigenvalue weighted by Crippen LogP contribution is -2.13. The molecule has 0 fully saturated rings. The number of rotatable bonds is 9. The van der Waals surface area contributed by atoms with Crippen LogP contribution in [0.1, 0.15) is 12.2 Å². The Labute approximate surface area is 209 Å². The van der Waals surface area contributed by atoms with Gasteiger partial charge >= 0.3 is 0 Å². The number of anilines is 1. The van der Waals surface area contributed by atoms with Gasteiger partial charge in [-0.25, -0.2) is 0 Å². The van der Waals surface area contributed by atoms with Crippen molar-refractivity contribution >= 4 is 50.9 Å². The van der Waals surface area contributed by atoms with Gasteiger partial charge in [0.15, 0.2) is 11.0 Å². The van der Waals surface area contributed by atoms with Crippen molar-refractivity contribution in [1.82, 2.24) is 14.8 Å². The van der Waals surface area contributed by atoms with Crippen molar-refractivity contribution in [2.24, 2.45) is 0 Å². The van der Waals surface area contributed by atoms with Crippen LogP contribution in [0.4, 0.5) is 5.69 Å². The minimum Gasteiger partial charge on any atom is -0.486 e. The van der Waals surface area contributed by atoms with E-state index >= 15 is 0 Å². The number of nitrogens with one attached hydrogen (secondary N) is 1. The summed E-state index contributed by atoms with van der Waals surface area (Å²) in [5, 5.41) is 13.0. The number of hydrogen-bond donors (Lipinski definition) is 1. The fraction of sp³-hybridized carbons (Fsp3) is 0.125. The molecule has 6 nitrogen and oxygen atoms in total. The number of carbonyl (C=O) groups excluding carboxylic acids is 1. The molecule has 1 N–H and O–H groups in total. The first-order valence-electron chi connectivity index (χ1n) is 10.2. The number of aromatic nitrogens is 3. The van der Waals surface area contributed by atoms with Crippen LogP contribution in [-0.4, -0.2) is 26.4 Å². The van der Waals surface area contributed by atoms with Gasteiger partial charge in [-0.1, -0.05) is 53.7 Å². The summed E-state index contributed by atoms with van der Waals surface area (Å²) in [7, 11) is 0. The highest BCUT2D eigenvalue weighted by molar-refractivity contribution is 9.10. The molecule has 0 bridgehead atoms. The van der Waals surface area contributed by atoms with E-state index in [4.69, 9.17) is 16.3 Å². The molecule has 9 heteroatoms. The molecular weight excluding hydrogens is 524 g/mol. The molecule has 1 aromatic heterocycles. The van der Waals surface area contributed by atoms with Crippen molar-refractivity contribution < 1.29 is 9.53 Å². The maximum atomic E-state index is 12.4. The lowest BCUT2D eigenvalue weighted by Gasteiger charge is -2.11. The minimum atomic E-state index is -0.0635. The summed E-state index contributed by atoms with van der Waals surface area (Å²) in [6.45, 7) is 0.243. The lowest BCUT2D eigenvalue weighted by molar-refractivity contribution is -0.115. The standard InChI is InChI=1S/C24H20BrClN4O2S/c25-20-8-4-5-9-21(20)27-23(31)14-15-33-24-29-28-22(30(24)18-6-2-1-3-7-18)16-32-19-12-10-17(26)11-13-19/h1-13H,14-16H2,(H,27,31). The van der Waals surface area contributed by atoms with Crippen LogP contribution in [0.2, 0.25) is 5.02 Å². The molecule has 3 aromatic carbocycles. The highest BCUT2D eigenvalue weighted by Gasteiger charge is 2.16. The van der Waals surface area contributed by atoms with E-state index in [0.29, 0.717) is 33.9 Å². The molecule has 0 aliphatic rings. The third kappa shape index (κ3) is 6.37. The van der Waals surface area contributed by atoms with Gasteiger partial charge in [0.1, 0.15) is 12.4 Å². The van der Waals surface area contributed by atoms with E-state index < -0.39 is 0 Å². The molecule has 0 aliphatic carbocycles. The second kappa shape index (κ2) is 11.4. The molecule has 0 unspecified atom stereocenters. The average molecular weight is 544 g/mol. The Bertz CT molecular complexity index is 1220. The molecule has 0 saturated carbocycles. The smallest absolute Gasteiger partial charge is 0.225 e. The number of carbonyl (C=O) groups is 1. The SMILES string of the molecule is O=C(CCSc1nnc(COc2ccc(Cl)cc2)n1-c1ccccc1)Nc1ccccc1Br. The lowest BCUT2D eigenvalue weighted by atomic mass is 10.3. The Morgan fingerprint density at radius 1 is 1.00 bits per heavy atom. The Kier molecular flexibility index (Phi) is 8.04. The van der Waals surface area contributed by atoms with E-state index in [9.17, 15) is 4.79 Å². The zero-order valence-corrected chi connectivity index (χ0v) is 20.6. The Hall–Kier alpha value is -2.81. The molecule has 1 amide bonds. The van der Waals surface area contributed by atoms with Crippen molar-refractivity contribution in [2.75, 3.05) is 11.1 Å². The van der Waals surface area contributed by atoms with Crippen LogP contribution in [0, 0.1) is 0 Å². The highest BCUT2D eigenvalue weighted by atomic mass is 79.9. The monoisotopic (exact) mass is 542 g/mol. The van der Waals surface area contributed by atoms with Crippen molar-refractivity contribution in [1.29, 1.82) is 0 Å². The Morgan fingerprint density at radius 3 is 2.48 bits per heavy atom. The van der Waals surface area contributed by atoms with E-state index in [1.807, 2.05) is 71.3 Å². The summed E-state index contributed by atoms with van der Waals surface area (Å²) in [6, 6.07) is 24.5. The molecule has 0 atom stereocenters. The van der Waals surface area contributed by atoms with Gasteiger partial charge in [0.05, 0.1) is 5.69 Å². The number of para-hydroxylation sites is 2. The minimum absolute atomic E-state index is 0.0635. The number of benzene rings is 3. The molecule has 168 valence electrons. The Morgan fingerprint density at radius 2 is 1.73 bits per heavy atom. The van der Waals surface area contributed by atoms with Gasteiger partial charge in [-0.05, 0) is 64.5 Å². The second-order valence-corrected chi connectivity index (χ2v) is 9.29. The zero-order chi connectivity index (χ0) is 23.0. The predicted molar refractivity (Wildman–Crippen MR) is 135 cm³/mol. The normalized spacial score (nSPS) is 10.7. The van der Waals surface area contributed by atoms with Gasteiger partial charge in [0.25, 0.3) is 0 Å². The molecular formula is C24H20BrClN4O2S. The van der Waals surface area contributed by atoms with E-state index in [-0.39, 0.29) is 12.5 Å². The summed E-state index contributed by atoms with van der Waals surface area (Å²) in [6.07, 6.45) is 0.338. The summed E-state index contributed by atoms with van der Waals surface area (Å²) in [4.78, 5) is 12.4. The van der Waals surface area contributed by atoms with Crippen LogP contribution < -0.4 is 10.1 Å². The fourth-order valence-corrected chi connectivity index (χ4v) is 4.43. The Balaban J connectivity index is 1.43. The number of nitrogens with zero attached hydrogens (tertiary/aromatic N) is 3. The molecule has 33 heavy (non-hydrogen) atoms. The number of ether oxygens (including phenoxy) is 1. The van der Waals surface area contributed by atoms with E-state index in [1.54, 1.807) is 12.1 Å². The van der Waals surface area contributed by atoms with Gasteiger partial charge < -0.3 is 10.1 Å². The molecule has 0 saturated heterocycles. The number of amides is 1. The maximum Gasteiger partial charge on any atom is 0.225 e. The first-order valence-corrected chi connectivity index (χ1v) is 12.3. The summed E-state index contributed by atoms with van der Waals surface area (Å²) >= 11 is 10.9. The third-order valence-corrected chi connectivity index (χ3v) is 6.48. The summed E-state index contributed by atoms with van der Waals surface area (Å²) in [5.74, 6) is 1.85. The molecule has 4 rings (SSSR count). The number of hydrogen-bond acceptors (Lipinski definition) is 5. The molecule has 1 heterocycles. The van der Waals surface area contributed by atoms with E-state index in [1.165, 1.54) is 11.8 Å². The van der Waals surface area contributed by atoms with Gasteiger partial charge in [0, 0.05) is 27.4 Å². The average Bonchev–Trinajstić information content (AvgIpc) is 3.23. The largest absolute Gasteiger partial charge is 0.486 e. The molecule has 0 radical (unpaired) electrons. The van der Waals surface area contributed by atoms with Crippen molar-refractivity contribution in [2.45, 2.75) is 18.2 Å². The van der Waals surface area contributed by atoms with Crippen LogP contribution in [0.15, 0.2) is 88.5 Å². The number of halogens is 2. The van der Waals surface area contributed by atoms with Gasteiger partial charge in [0.2, 0.25) is 5.91 Å². The first-order chi connectivity index (χ1) is 16.1. The molecule has 0 aliphatic heterocycles. The van der Waals surface area contributed by atoms with Crippen LogP contribution in [-0.2, 0) is 11.4 Å². The van der Waals surface area contributed by atoms with E-state index in [0.717, 1.165) is 15.8 Å². The molecule has 4 aromatic rings. The van der Waals surface area contributed by atoms with Crippen LogP contribution in [0.5, 0.6) is 5.75 Å². The van der Waals surface area contributed by atoms with Gasteiger partial charge in [-0.15, -0.1) is 10.2 Å². The van der Waals surface area contributed by atoms with Crippen LogP contribution >= 0.6 is 39.3 Å². The van der Waals surface area contributed by atoms with Crippen molar-refractivity contribution in [3.63, 3.8) is 0 Å². The third-order valence-electron chi connectivity index (χ3n) is 4.60. The predicted octanol–water partition coefficient (Wildman–Crippen LogP) is 6.38.